The lowest BCUT2D eigenvalue weighted by Gasteiger charge is -2.39. The lowest BCUT2D eigenvalue weighted by Crippen LogP contribution is -2.58. The van der Waals surface area contributed by atoms with Crippen LogP contribution in [-0.4, -0.2) is 156 Å². The Bertz CT molecular complexity index is 1400. The summed E-state index contributed by atoms with van der Waals surface area (Å²) < 4.78 is 11.5. The van der Waals surface area contributed by atoms with Crippen LogP contribution in [0.25, 0.3) is 0 Å². The summed E-state index contributed by atoms with van der Waals surface area (Å²) in [5, 5.41) is 14.0. The molecule has 1 saturated heterocycles. The number of amides is 7. The van der Waals surface area contributed by atoms with Crippen molar-refractivity contribution >= 4 is 47.3 Å². The van der Waals surface area contributed by atoms with E-state index in [1.54, 1.807) is 32.7 Å². The molecule has 7 amide bonds. The Kier molecular flexibility index (Phi) is 17.7. The van der Waals surface area contributed by atoms with Crippen LogP contribution in [0.4, 0.5) is 0 Å². The number of carboxylic acid groups (broad SMARTS) is 1. The van der Waals surface area contributed by atoms with Gasteiger partial charge in [0.2, 0.25) is 29.5 Å². The Morgan fingerprint density at radius 1 is 0.963 bits per heavy atom. The van der Waals surface area contributed by atoms with Gasteiger partial charge in [0.15, 0.2) is 0 Å². The fourth-order valence-electron chi connectivity index (χ4n) is 6.98. The molecular formula is C37H60N6O11. The van der Waals surface area contributed by atoms with E-state index in [-0.39, 0.29) is 55.5 Å². The topological polar surface area (TPSA) is 212 Å². The van der Waals surface area contributed by atoms with Crippen molar-refractivity contribution in [3.8, 4) is 0 Å². The SMILES string of the molecule is CCC(C)C([C@@H](CC(=O)N1CCCC1C(OC)C(C)C(=O)NCC(=O)O)OC)N(C)C(=O)CNC(=O)C(C)(C)N(C)C(=O)CCCCN1C(=O)C=CC1=O. The Morgan fingerprint density at radius 3 is 2.15 bits per heavy atom. The summed E-state index contributed by atoms with van der Waals surface area (Å²) in [5.74, 6) is -4.79. The lowest BCUT2D eigenvalue weighted by atomic mass is 9.90. The number of carboxylic acids is 1. The first-order valence-corrected chi connectivity index (χ1v) is 18.5. The Hall–Kier alpha value is -4.38. The highest BCUT2D eigenvalue weighted by atomic mass is 16.5. The highest BCUT2D eigenvalue weighted by Gasteiger charge is 2.42. The molecule has 2 aliphatic rings. The van der Waals surface area contributed by atoms with Crippen molar-refractivity contribution in [1.82, 2.24) is 30.2 Å². The number of unbranched alkanes of at least 4 members (excludes halogenated alkanes) is 1. The van der Waals surface area contributed by atoms with Gasteiger partial charge in [-0.15, -0.1) is 0 Å². The maximum atomic E-state index is 13.9. The van der Waals surface area contributed by atoms with Crippen LogP contribution in [0.1, 0.15) is 79.6 Å². The standard InChI is InChI=1S/C37H60N6O11/c1-10-23(2)33(26(53-8)20-30(47)42-19-13-14-25(42)34(54-9)24(3)35(51)38-22-32(49)50)40(6)31(48)21-39-36(52)37(4,5)41(7)27(44)15-11-12-18-43-28(45)16-17-29(43)46/h16-17,23-26,33-34H,10-15,18-22H2,1-9H3,(H,38,51)(H,39,52)(H,49,50)/t23?,24?,25?,26-,33?,34?/m1/s1. The minimum atomic E-state index is -1.31. The fraction of sp³-hybridized carbons (Fsp3) is 0.730. The second-order valence-electron chi connectivity index (χ2n) is 14.6. The Labute approximate surface area is 318 Å². The van der Waals surface area contributed by atoms with Crippen molar-refractivity contribution in [2.75, 3.05) is 54.5 Å². The molecule has 0 aromatic heterocycles. The maximum absolute atomic E-state index is 13.9. The van der Waals surface area contributed by atoms with Crippen LogP contribution in [0.15, 0.2) is 12.2 Å². The van der Waals surface area contributed by atoms with E-state index in [0.29, 0.717) is 38.6 Å². The molecule has 0 radical (unpaired) electrons. The van der Waals surface area contributed by atoms with Gasteiger partial charge in [-0.25, -0.2) is 0 Å². The van der Waals surface area contributed by atoms with Gasteiger partial charge >= 0.3 is 5.97 Å². The van der Waals surface area contributed by atoms with Crippen molar-refractivity contribution < 1.29 is 52.9 Å². The van der Waals surface area contributed by atoms with E-state index < -0.39 is 66.0 Å². The number of nitrogens with zero attached hydrogens (tertiary/aromatic N) is 4. The third-order valence-corrected chi connectivity index (χ3v) is 10.8. The van der Waals surface area contributed by atoms with E-state index in [1.165, 1.54) is 43.2 Å². The van der Waals surface area contributed by atoms with Crippen molar-refractivity contribution in [2.24, 2.45) is 11.8 Å². The minimum Gasteiger partial charge on any atom is -0.480 e. The van der Waals surface area contributed by atoms with Gasteiger partial charge in [-0.1, -0.05) is 27.2 Å². The van der Waals surface area contributed by atoms with Crippen molar-refractivity contribution in [3.63, 3.8) is 0 Å². The van der Waals surface area contributed by atoms with Crippen LogP contribution in [0, 0.1) is 11.8 Å². The molecule has 3 N–H and O–H groups in total. The highest BCUT2D eigenvalue weighted by molar-refractivity contribution is 6.12. The number of imide groups is 1. The Balaban J connectivity index is 2.04. The molecule has 0 aromatic rings. The number of aliphatic carboxylic acids is 1. The summed E-state index contributed by atoms with van der Waals surface area (Å²) in [6, 6.07) is -0.980. The van der Waals surface area contributed by atoms with E-state index >= 15 is 0 Å². The number of likely N-dealkylation sites (N-methyl/N-ethyl adjacent to an activating group) is 2. The second kappa shape index (κ2) is 20.9. The van der Waals surface area contributed by atoms with Crippen LogP contribution in [0.3, 0.4) is 0 Å². The number of carbonyl (C=O) groups is 8. The number of hydrogen-bond donors (Lipinski definition) is 3. The molecule has 304 valence electrons. The minimum absolute atomic E-state index is 0.0660. The summed E-state index contributed by atoms with van der Waals surface area (Å²) in [4.78, 5) is 106. The predicted octanol–water partition coefficient (Wildman–Crippen LogP) is 0.556. The molecule has 0 saturated carbocycles. The summed E-state index contributed by atoms with van der Waals surface area (Å²) in [6.07, 6.45) is 3.80. The van der Waals surface area contributed by atoms with E-state index in [9.17, 15) is 38.4 Å². The smallest absolute Gasteiger partial charge is 0.322 e. The van der Waals surface area contributed by atoms with E-state index in [1.807, 2.05) is 13.8 Å². The molecular weight excluding hydrogens is 704 g/mol. The second-order valence-corrected chi connectivity index (χ2v) is 14.6. The van der Waals surface area contributed by atoms with Crippen molar-refractivity contribution in [3.05, 3.63) is 12.2 Å². The first-order valence-electron chi connectivity index (χ1n) is 18.5. The van der Waals surface area contributed by atoms with Crippen LogP contribution in [-0.2, 0) is 47.8 Å². The third-order valence-electron chi connectivity index (χ3n) is 10.8. The van der Waals surface area contributed by atoms with Crippen LogP contribution in [0.2, 0.25) is 0 Å². The van der Waals surface area contributed by atoms with Gasteiger partial charge in [-0.05, 0) is 45.4 Å². The molecule has 1 fully saturated rings. The quantitative estimate of drug-likeness (QED) is 0.102. The average molecular weight is 765 g/mol. The molecule has 17 nitrogen and oxygen atoms in total. The maximum Gasteiger partial charge on any atom is 0.322 e. The van der Waals surface area contributed by atoms with Gasteiger partial charge in [-0.3, -0.25) is 43.3 Å². The number of ether oxygens (including phenoxy) is 2. The van der Waals surface area contributed by atoms with E-state index in [0.717, 1.165) is 4.90 Å². The van der Waals surface area contributed by atoms with Gasteiger partial charge in [-0.2, -0.15) is 0 Å². The first kappa shape index (κ1) is 45.8. The van der Waals surface area contributed by atoms with Crippen molar-refractivity contribution in [2.45, 2.75) is 109 Å². The van der Waals surface area contributed by atoms with Crippen LogP contribution >= 0.6 is 0 Å². The monoisotopic (exact) mass is 764 g/mol. The summed E-state index contributed by atoms with van der Waals surface area (Å²) in [7, 11) is 6.02. The van der Waals surface area contributed by atoms with Gasteiger partial charge in [0.05, 0.1) is 43.2 Å². The number of methoxy groups -OCH3 is 2. The van der Waals surface area contributed by atoms with Gasteiger partial charge in [0.25, 0.3) is 11.8 Å². The zero-order valence-corrected chi connectivity index (χ0v) is 33.2. The number of rotatable bonds is 22. The molecule has 2 heterocycles. The lowest BCUT2D eigenvalue weighted by molar-refractivity contribution is -0.147. The number of likely N-dealkylation sites (tertiary alicyclic amines) is 1. The number of hydrogen-bond acceptors (Lipinski definition) is 10. The molecule has 54 heavy (non-hydrogen) atoms. The molecule has 0 aliphatic carbocycles. The van der Waals surface area contributed by atoms with Crippen molar-refractivity contribution in [1.29, 1.82) is 0 Å². The van der Waals surface area contributed by atoms with E-state index in [4.69, 9.17) is 14.6 Å². The molecule has 0 spiro atoms. The zero-order chi connectivity index (χ0) is 40.9. The third kappa shape index (κ3) is 11.8. The summed E-state index contributed by atoms with van der Waals surface area (Å²) in [5.41, 5.74) is -1.31. The largest absolute Gasteiger partial charge is 0.480 e. The Morgan fingerprint density at radius 2 is 1.59 bits per heavy atom. The molecule has 5 unspecified atom stereocenters. The fourth-order valence-corrected chi connectivity index (χ4v) is 6.98. The number of nitrogens with one attached hydrogen (secondary N) is 2. The van der Waals surface area contributed by atoms with Gasteiger partial charge < -0.3 is 39.9 Å². The summed E-state index contributed by atoms with van der Waals surface area (Å²) in [6.45, 7) is 8.41. The normalized spacial score (nSPS) is 18.5. The zero-order valence-electron chi connectivity index (χ0n) is 33.2. The van der Waals surface area contributed by atoms with Crippen LogP contribution < -0.4 is 10.6 Å². The first-order chi connectivity index (χ1) is 25.3. The molecule has 2 aliphatic heterocycles. The summed E-state index contributed by atoms with van der Waals surface area (Å²) >= 11 is 0. The predicted molar refractivity (Wildman–Crippen MR) is 196 cm³/mol. The molecule has 0 bridgehead atoms. The van der Waals surface area contributed by atoms with E-state index in [2.05, 4.69) is 10.6 Å². The molecule has 0 aromatic carbocycles. The van der Waals surface area contributed by atoms with Gasteiger partial charge in [0.1, 0.15) is 12.1 Å². The average Bonchev–Trinajstić information content (AvgIpc) is 3.75. The number of carbonyl (C=O) groups excluding carboxylic acids is 7. The van der Waals surface area contributed by atoms with Crippen LogP contribution in [0.5, 0.6) is 0 Å². The van der Waals surface area contributed by atoms with Gasteiger partial charge in [0, 0.05) is 60.0 Å². The highest BCUT2D eigenvalue weighted by Crippen LogP contribution is 2.29. The molecule has 2 rings (SSSR count). The molecule has 17 heteroatoms. The molecule has 6 atom stereocenters.